The molecule has 8 aromatic rings. The van der Waals surface area contributed by atoms with Crippen molar-refractivity contribution in [2.75, 3.05) is 59.2 Å². The van der Waals surface area contributed by atoms with Gasteiger partial charge < -0.3 is 53.3 Å². The Morgan fingerprint density at radius 2 is 1.35 bits per heavy atom. The molecule has 4 bridgehead atoms. The summed E-state index contributed by atoms with van der Waals surface area (Å²) in [6.45, 7) is 8.29. The number of hydrogen-bond acceptors (Lipinski definition) is 26. The number of para-hydroxylation sites is 1. The molecule has 0 saturated carbocycles. The van der Waals surface area contributed by atoms with Gasteiger partial charge in [-0.05, 0) is 124 Å². The van der Waals surface area contributed by atoms with Crippen LogP contribution in [-0.4, -0.2) is 230 Å². The van der Waals surface area contributed by atoms with E-state index >= 15 is 4.79 Å². The van der Waals surface area contributed by atoms with Crippen LogP contribution < -0.4 is 15.0 Å². The van der Waals surface area contributed by atoms with E-state index < -0.39 is 120 Å². The lowest BCUT2D eigenvalue weighted by Crippen LogP contribution is -2.63. The number of benzene rings is 3. The Hall–Kier alpha value is -11.4. The lowest BCUT2D eigenvalue weighted by Gasteiger charge is -2.42. The number of aliphatic hydroxyl groups is 1. The number of pyridine rings is 4. The summed E-state index contributed by atoms with van der Waals surface area (Å²) < 4.78 is 36.9. The van der Waals surface area contributed by atoms with Crippen molar-refractivity contribution in [2.45, 2.75) is 197 Å². The minimum atomic E-state index is -1.93. The molecule has 656 valence electrons. The normalized spacial score (nSPS) is 21.5. The number of likely N-dealkylation sites (N-methyl/N-ethyl adjacent to an activating group) is 1. The number of Topliss-reactive ketones (excluding diaryl/α,β-unsaturated/α-hetero) is 1. The number of alkyl carbamates (subject to hydrolysis) is 1. The van der Waals surface area contributed by atoms with Gasteiger partial charge in [-0.3, -0.25) is 68.7 Å². The van der Waals surface area contributed by atoms with Crippen LogP contribution in [0, 0.1) is 5.92 Å². The molecule has 12 rings (SSSR count). The second-order valence-electron chi connectivity index (χ2n) is 32.1. The molecule has 4 aliphatic rings. The van der Waals surface area contributed by atoms with Crippen molar-refractivity contribution in [1.82, 2.24) is 64.7 Å². The van der Waals surface area contributed by atoms with Crippen molar-refractivity contribution in [3.63, 3.8) is 0 Å². The highest BCUT2D eigenvalue weighted by Crippen LogP contribution is 2.50. The minimum Gasteiger partial charge on any atom is -0.507 e. The number of epoxide rings is 1. The maximum absolute atomic E-state index is 15.1. The molecule has 0 aliphatic carbocycles. The molecule has 3 fully saturated rings. The number of aromatic nitrogens is 7. The summed E-state index contributed by atoms with van der Waals surface area (Å²) in [4.78, 5) is 156. The molecule has 3 aromatic carbocycles. The molecule has 31 nitrogen and oxygen atoms in total. The molecular formula is C91H107ClN14O17S. The molecule has 1 unspecified atom stereocenters. The molecule has 4 aliphatic heterocycles. The molecule has 6 amide bonds. The number of phenols is 1. The molecular weight excluding hydrogens is 1630 g/mol. The fourth-order valence-corrected chi connectivity index (χ4v) is 17.5. The Balaban J connectivity index is 0.707. The number of unbranched alkanes of at least 4 members (excludes halogenated alkanes) is 2. The van der Waals surface area contributed by atoms with Gasteiger partial charge in [-0.2, -0.15) is 0 Å². The molecule has 3 N–H and O–H groups in total. The van der Waals surface area contributed by atoms with Gasteiger partial charge in [0.05, 0.1) is 79.1 Å². The van der Waals surface area contributed by atoms with E-state index in [0.717, 1.165) is 45.7 Å². The maximum atomic E-state index is 15.1. The van der Waals surface area contributed by atoms with Gasteiger partial charge in [-0.25, -0.2) is 19.1 Å². The first-order valence-electron chi connectivity index (χ1n) is 41.5. The van der Waals surface area contributed by atoms with Crippen molar-refractivity contribution in [3.05, 3.63) is 220 Å². The topological polar surface area (TPSA) is 367 Å². The third-order valence-electron chi connectivity index (χ3n) is 23.2. The van der Waals surface area contributed by atoms with Crippen LogP contribution in [0.1, 0.15) is 131 Å². The Labute approximate surface area is 729 Å². The summed E-state index contributed by atoms with van der Waals surface area (Å²) in [5.41, 5.74) is 4.63. The summed E-state index contributed by atoms with van der Waals surface area (Å²) in [6, 6.07) is 34.5. The number of fused-ring (bicyclic) bond motifs is 6. The summed E-state index contributed by atoms with van der Waals surface area (Å²) >= 11 is 8.04. The van der Waals surface area contributed by atoms with Crippen LogP contribution in [0.5, 0.6) is 11.5 Å². The van der Waals surface area contributed by atoms with Crippen LogP contribution in [0.3, 0.4) is 0 Å². The zero-order chi connectivity index (χ0) is 88.4. The van der Waals surface area contributed by atoms with Crippen LogP contribution >= 0.6 is 23.4 Å². The van der Waals surface area contributed by atoms with E-state index in [2.05, 4.69) is 45.4 Å². The zero-order valence-electron chi connectivity index (χ0n) is 71.2. The van der Waals surface area contributed by atoms with E-state index in [9.17, 15) is 48.6 Å². The minimum absolute atomic E-state index is 0.00597. The van der Waals surface area contributed by atoms with E-state index in [1.165, 1.54) is 61.9 Å². The number of aryl methyl sites for hydroxylation is 1. The molecule has 9 heterocycles. The Bertz CT molecular complexity index is 4980. The Kier molecular flexibility index (Phi) is 31.3. The molecule has 5 aromatic heterocycles. The third-order valence-corrected chi connectivity index (χ3v) is 24.8. The number of rotatable bonds is 36. The van der Waals surface area contributed by atoms with Gasteiger partial charge >= 0.3 is 18.0 Å². The number of imide groups is 1. The SMILES string of the molecule is COC(=O)[C@H](Cc1cc(CN(Cc2ccccn2)Cc2ccccn2)c(O)c(CN(Cc2ccccn2)Cc2ccccn2)c1)N(CC(=O)CCn1nnc2ccccc21)C(=O)CCCCCN1C(=O)CC(SCCC(=O)N(C)[C@H](C)C(=O)O[C@@H]2CC(=O)N(C)c3cc(cc(OC)c3Cl)C/C(C)=C/C=C/[C@H](OC)[C@]3(O)C[C@@H](OC(=O)N3)[C@H](C)[C@H]3O[C@@]32C)C1=O. The van der Waals surface area contributed by atoms with Gasteiger partial charge in [0.1, 0.15) is 58.0 Å². The number of anilines is 1. The number of methoxy groups -OCH3 is 3. The van der Waals surface area contributed by atoms with Crippen molar-refractivity contribution in [2.24, 2.45) is 5.92 Å². The van der Waals surface area contributed by atoms with Crippen LogP contribution in [-0.2, 0) is 121 Å². The van der Waals surface area contributed by atoms with Crippen LogP contribution in [0.4, 0.5) is 10.5 Å². The predicted octanol–water partition coefficient (Wildman–Crippen LogP) is 10.0. The maximum Gasteiger partial charge on any atom is 0.409 e. The van der Waals surface area contributed by atoms with Gasteiger partial charge in [-0.15, -0.1) is 16.9 Å². The van der Waals surface area contributed by atoms with Gasteiger partial charge in [0, 0.05) is 153 Å². The van der Waals surface area contributed by atoms with Gasteiger partial charge in [0.15, 0.2) is 11.5 Å². The molecule has 10 atom stereocenters. The highest BCUT2D eigenvalue weighted by molar-refractivity contribution is 8.00. The summed E-state index contributed by atoms with van der Waals surface area (Å²) in [7, 11) is 7.05. The Morgan fingerprint density at radius 1 is 0.742 bits per heavy atom. The fraction of sp³-hybridized carbons (Fsp3) is 0.440. The van der Waals surface area contributed by atoms with E-state index in [0.29, 0.717) is 84.6 Å². The first-order valence-corrected chi connectivity index (χ1v) is 42.9. The van der Waals surface area contributed by atoms with Crippen LogP contribution in [0.2, 0.25) is 5.02 Å². The van der Waals surface area contributed by atoms with Gasteiger partial charge in [0.25, 0.3) is 0 Å². The average molecular weight is 1740 g/mol. The van der Waals surface area contributed by atoms with E-state index in [1.807, 2.05) is 122 Å². The number of nitrogens with zero attached hydrogens (tertiary/aromatic N) is 13. The largest absolute Gasteiger partial charge is 0.507 e. The van der Waals surface area contributed by atoms with Crippen molar-refractivity contribution in [3.8, 4) is 11.5 Å². The molecule has 124 heavy (non-hydrogen) atoms. The van der Waals surface area contributed by atoms with Gasteiger partial charge in [0.2, 0.25) is 29.5 Å². The summed E-state index contributed by atoms with van der Waals surface area (Å²) in [5, 5.41) is 35.1. The van der Waals surface area contributed by atoms with Gasteiger partial charge in [-0.1, -0.05) is 102 Å². The quantitative estimate of drug-likeness (QED) is 0.0108. The molecule has 0 radical (unpaired) electrons. The number of aromatic hydroxyl groups is 1. The third kappa shape index (κ3) is 23.3. The highest BCUT2D eigenvalue weighted by atomic mass is 35.5. The average Bonchev–Trinajstić information content (AvgIpc) is 1.57. The second-order valence-corrected chi connectivity index (χ2v) is 33.8. The predicted molar refractivity (Wildman–Crippen MR) is 461 cm³/mol. The van der Waals surface area contributed by atoms with E-state index in [-0.39, 0.29) is 93.4 Å². The smallest absolute Gasteiger partial charge is 0.409 e. The summed E-state index contributed by atoms with van der Waals surface area (Å²) in [6.07, 6.45) is 7.13. The number of allylic oxidation sites excluding steroid dienone is 3. The molecule has 0 spiro atoms. The van der Waals surface area contributed by atoms with Crippen molar-refractivity contribution in [1.29, 1.82) is 0 Å². The number of halogens is 1. The number of nitrogens with one attached hydrogen (secondary N) is 1. The van der Waals surface area contributed by atoms with E-state index in [1.54, 1.807) is 67.6 Å². The number of phenolic OH excluding ortho intramolecular Hbond substituents is 1. The summed E-state index contributed by atoms with van der Waals surface area (Å²) in [5.74, 6) is -4.67. The number of hydrogen-bond donors (Lipinski definition) is 3. The van der Waals surface area contributed by atoms with Crippen LogP contribution in [0.15, 0.2) is 170 Å². The zero-order valence-corrected chi connectivity index (χ0v) is 72.7. The van der Waals surface area contributed by atoms with E-state index in [4.69, 9.17) is 40.0 Å². The number of esters is 2. The number of carbonyl (C=O) groups is 9. The lowest BCUT2D eigenvalue weighted by molar-refractivity contribution is -0.162. The molecule has 33 heteroatoms. The number of ether oxygens (including phenoxy) is 6. The number of carbonyl (C=O) groups excluding carboxylic acids is 9. The van der Waals surface area contributed by atoms with Crippen LogP contribution in [0.25, 0.3) is 11.0 Å². The lowest BCUT2D eigenvalue weighted by atomic mass is 9.83. The molecule has 3 saturated heterocycles. The first kappa shape index (κ1) is 91.8. The van der Waals surface area contributed by atoms with Crippen molar-refractivity contribution < 1.29 is 81.8 Å². The van der Waals surface area contributed by atoms with Crippen molar-refractivity contribution >= 4 is 93.4 Å². The highest BCUT2D eigenvalue weighted by Gasteiger charge is 2.65. The number of likely N-dealkylation sites (tertiary alicyclic amines) is 1. The number of amides is 6. The Morgan fingerprint density at radius 3 is 1.94 bits per heavy atom. The first-order chi connectivity index (χ1) is 59.6. The second kappa shape index (κ2) is 42.3. The monoisotopic (exact) mass is 1730 g/mol. The number of thioether (sulfide) groups is 1. The number of ketones is 1. The standard InChI is InChI=1S/C91H107ClN14O17S/c1-58-24-23-31-77(119-8)91(117)50-75(121-89(116)97-91)59(2)85-90(4,123-85)78(49-81(110)101(6)72-45-61(42-58)47-74(118-7)83(72)92)122-87(114)60(3)100(5)79(108)34-41-124-76-48-82(111)104(86(76)113)39-22-10-11-32-80(109)105(57-69(107)33-40-106-71-30-13-12-29-70(71)98-99-106)73(88(115)120-9)46-62-43-63(51-102(53-65-25-14-18-35-93-65)54-66-26-15-19-36-94-66)84(112)64(44-62)52-103(55-67-27-16-20-37-95-67)56-68-28-17-21-38-96-68/h12-21,23-31,35-38,43-45,47,59-60,73,75-78,85,112,117H,10-11,22,32-34,39-42,46,48-57H2,1-9H3,(H,97,116)/b31-23+,58-24+/t59-,60+,73-,75+,76?,77-,78+,85+,90+,91+/m0/s1. The fourth-order valence-electron chi connectivity index (χ4n) is 16.1.